The summed E-state index contributed by atoms with van der Waals surface area (Å²) in [4.78, 5) is 13.6. The van der Waals surface area contributed by atoms with Gasteiger partial charge in [0.05, 0.1) is 4.88 Å². The highest BCUT2D eigenvalue weighted by Crippen LogP contribution is 2.23. The smallest absolute Gasteiger partial charge is 0.203 e. The number of carbonyl (C=O) groups excluding carboxylic acids is 1. The van der Waals surface area contributed by atoms with Crippen LogP contribution in [0.5, 0.6) is 0 Å². The SMILES string of the molecule is Cc1cc(C(=O)c2ccc(F)c(F)c2)sc1C. The summed E-state index contributed by atoms with van der Waals surface area (Å²) in [7, 11) is 0. The summed E-state index contributed by atoms with van der Waals surface area (Å²) < 4.78 is 25.8. The molecule has 17 heavy (non-hydrogen) atoms. The molecule has 0 atom stereocenters. The van der Waals surface area contributed by atoms with E-state index in [-0.39, 0.29) is 11.3 Å². The fourth-order valence-electron chi connectivity index (χ4n) is 1.46. The maximum absolute atomic E-state index is 13.0. The van der Waals surface area contributed by atoms with Crippen molar-refractivity contribution in [3.8, 4) is 0 Å². The highest BCUT2D eigenvalue weighted by molar-refractivity contribution is 7.14. The molecule has 0 bridgehead atoms. The number of hydrogen-bond acceptors (Lipinski definition) is 2. The molecule has 0 aliphatic rings. The summed E-state index contributed by atoms with van der Waals surface area (Å²) >= 11 is 1.36. The van der Waals surface area contributed by atoms with Crippen molar-refractivity contribution in [2.75, 3.05) is 0 Å². The number of ketones is 1. The lowest BCUT2D eigenvalue weighted by molar-refractivity contribution is 0.104. The Balaban J connectivity index is 2.40. The summed E-state index contributed by atoms with van der Waals surface area (Å²) in [5.41, 5.74) is 1.20. The normalized spacial score (nSPS) is 10.6. The minimum atomic E-state index is -0.999. The predicted octanol–water partition coefficient (Wildman–Crippen LogP) is 3.87. The van der Waals surface area contributed by atoms with Gasteiger partial charge in [-0.05, 0) is 43.7 Å². The molecule has 1 aromatic heterocycles. The van der Waals surface area contributed by atoms with E-state index in [1.807, 2.05) is 13.8 Å². The summed E-state index contributed by atoms with van der Waals surface area (Å²) in [5, 5.41) is 0. The molecule has 0 aliphatic carbocycles. The zero-order chi connectivity index (χ0) is 12.6. The van der Waals surface area contributed by atoms with E-state index >= 15 is 0 Å². The molecule has 0 fully saturated rings. The molecule has 2 aromatic rings. The Morgan fingerprint density at radius 3 is 2.35 bits per heavy atom. The van der Waals surface area contributed by atoms with Crippen LogP contribution in [0.2, 0.25) is 0 Å². The largest absolute Gasteiger partial charge is 0.288 e. The molecule has 0 aliphatic heterocycles. The maximum atomic E-state index is 13.0. The number of benzene rings is 1. The zero-order valence-electron chi connectivity index (χ0n) is 9.38. The Bertz CT molecular complexity index is 568. The summed E-state index contributed by atoms with van der Waals surface area (Å²) in [5.74, 6) is -2.22. The number of halogens is 2. The van der Waals surface area contributed by atoms with Gasteiger partial charge in [0.1, 0.15) is 0 Å². The van der Waals surface area contributed by atoms with Crippen LogP contribution in [0.4, 0.5) is 8.78 Å². The molecule has 2 rings (SSSR count). The van der Waals surface area contributed by atoms with Crippen LogP contribution in [0.25, 0.3) is 0 Å². The Kier molecular flexibility index (Phi) is 3.07. The molecular weight excluding hydrogens is 242 g/mol. The lowest BCUT2D eigenvalue weighted by atomic mass is 10.1. The minimum absolute atomic E-state index is 0.171. The maximum Gasteiger partial charge on any atom is 0.203 e. The number of thiophene rings is 1. The van der Waals surface area contributed by atoms with Crippen molar-refractivity contribution in [2.24, 2.45) is 0 Å². The average Bonchev–Trinajstić information content (AvgIpc) is 2.62. The second kappa shape index (κ2) is 4.37. The standard InChI is InChI=1S/C13H10F2OS/c1-7-5-12(17-8(7)2)13(16)9-3-4-10(14)11(15)6-9/h3-6H,1-2H3. The summed E-state index contributed by atoms with van der Waals surface area (Å²) in [6.07, 6.45) is 0. The van der Waals surface area contributed by atoms with E-state index in [0.717, 1.165) is 22.6 Å². The lowest BCUT2D eigenvalue weighted by Gasteiger charge is -1.99. The van der Waals surface area contributed by atoms with E-state index in [1.165, 1.54) is 17.4 Å². The van der Waals surface area contributed by atoms with Crippen molar-refractivity contribution in [1.82, 2.24) is 0 Å². The highest BCUT2D eigenvalue weighted by Gasteiger charge is 2.14. The van der Waals surface area contributed by atoms with Crippen molar-refractivity contribution >= 4 is 17.1 Å². The molecular formula is C13H10F2OS. The van der Waals surface area contributed by atoms with Gasteiger partial charge in [-0.25, -0.2) is 8.78 Å². The van der Waals surface area contributed by atoms with E-state index < -0.39 is 11.6 Å². The van der Waals surface area contributed by atoms with Crippen molar-refractivity contribution in [2.45, 2.75) is 13.8 Å². The topological polar surface area (TPSA) is 17.1 Å². The van der Waals surface area contributed by atoms with Crippen LogP contribution in [0.3, 0.4) is 0 Å². The first-order valence-corrected chi connectivity index (χ1v) is 5.87. The number of rotatable bonds is 2. The van der Waals surface area contributed by atoms with Crippen LogP contribution >= 0.6 is 11.3 Å². The van der Waals surface area contributed by atoms with Gasteiger partial charge in [0.25, 0.3) is 0 Å². The first kappa shape index (κ1) is 11.9. The molecule has 0 saturated carbocycles. The summed E-state index contributed by atoms with van der Waals surface area (Å²) in [6.45, 7) is 3.83. The second-order valence-electron chi connectivity index (χ2n) is 3.81. The van der Waals surface area contributed by atoms with E-state index in [9.17, 15) is 13.6 Å². The van der Waals surface area contributed by atoms with Gasteiger partial charge in [-0.15, -0.1) is 11.3 Å². The molecule has 0 N–H and O–H groups in total. The van der Waals surface area contributed by atoms with E-state index in [0.29, 0.717) is 4.88 Å². The van der Waals surface area contributed by atoms with Crippen LogP contribution in [-0.4, -0.2) is 5.78 Å². The molecule has 4 heteroatoms. The van der Waals surface area contributed by atoms with Crippen LogP contribution in [0.1, 0.15) is 25.7 Å². The van der Waals surface area contributed by atoms with Crippen LogP contribution in [-0.2, 0) is 0 Å². The zero-order valence-corrected chi connectivity index (χ0v) is 10.2. The van der Waals surface area contributed by atoms with Gasteiger partial charge in [-0.3, -0.25) is 4.79 Å². The second-order valence-corrected chi connectivity index (χ2v) is 5.06. The number of aryl methyl sites for hydroxylation is 2. The first-order valence-electron chi connectivity index (χ1n) is 5.06. The lowest BCUT2D eigenvalue weighted by Crippen LogP contribution is -2.00. The first-order chi connectivity index (χ1) is 7.99. The Labute approximate surface area is 102 Å². The fourth-order valence-corrected chi connectivity index (χ4v) is 2.46. The highest BCUT2D eigenvalue weighted by atomic mass is 32.1. The minimum Gasteiger partial charge on any atom is -0.288 e. The van der Waals surface area contributed by atoms with E-state index in [1.54, 1.807) is 6.07 Å². The van der Waals surface area contributed by atoms with E-state index in [4.69, 9.17) is 0 Å². The van der Waals surface area contributed by atoms with E-state index in [2.05, 4.69) is 0 Å². The van der Waals surface area contributed by atoms with Gasteiger partial charge in [-0.2, -0.15) is 0 Å². The average molecular weight is 252 g/mol. The van der Waals surface area contributed by atoms with Gasteiger partial charge in [0.2, 0.25) is 5.78 Å². The molecule has 88 valence electrons. The monoisotopic (exact) mass is 252 g/mol. The quantitative estimate of drug-likeness (QED) is 0.741. The molecule has 0 amide bonds. The van der Waals surface area contributed by atoms with Crippen molar-refractivity contribution in [3.63, 3.8) is 0 Å². The molecule has 1 heterocycles. The number of hydrogen-bond donors (Lipinski definition) is 0. The Morgan fingerprint density at radius 1 is 1.12 bits per heavy atom. The van der Waals surface area contributed by atoms with Crippen molar-refractivity contribution < 1.29 is 13.6 Å². The van der Waals surface area contributed by atoms with Crippen molar-refractivity contribution in [3.05, 3.63) is 56.8 Å². The predicted molar refractivity (Wildman–Crippen MR) is 63.6 cm³/mol. The van der Waals surface area contributed by atoms with Gasteiger partial charge in [0, 0.05) is 10.4 Å². The Hall–Kier alpha value is -1.55. The van der Waals surface area contributed by atoms with Crippen LogP contribution in [0.15, 0.2) is 24.3 Å². The molecule has 0 radical (unpaired) electrons. The molecule has 0 saturated heterocycles. The third-order valence-corrected chi connectivity index (χ3v) is 3.72. The molecule has 0 unspecified atom stereocenters. The van der Waals surface area contributed by atoms with Crippen molar-refractivity contribution in [1.29, 1.82) is 0 Å². The van der Waals surface area contributed by atoms with Gasteiger partial charge >= 0.3 is 0 Å². The fraction of sp³-hybridized carbons (Fsp3) is 0.154. The number of carbonyl (C=O) groups is 1. The van der Waals surface area contributed by atoms with Gasteiger partial charge in [-0.1, -0.05) is 0 Å². The van der Waals surface area contributed by atoms with Crippen LogP contribution < -0.4 is 0 Å². The van der Waals surface area contributed by atoms with Gasteiger partial charge < -0.3 is 0 Å². The molecule has 0 spiro atoms. The van der Waals surface area contributed by atoms with Crippen LogP contribution in [0, 0.1) is 25.5 Å². The molecule has 1 nitrogen and oxygen atoms in total. The van der Waals surface area contributed by atoms with Gasteiger partial charge in [0.15, 0.2) is 11.6 Å². The summed E-state index contributed by atoms with van der Waals surface area (Å²) in [6, 6.07) is 4.96. The third kappa shape index (κ3) is 2.26. The Morgan fingerprint density at radius 2 is 1.82 bits per heavy atom. The third-order valence-electron chi connectivity index (χ3n) is 2.57. The molecule has 1 aromatic carbocycles.